The Morgan fingerprint density at radius 2 is 1.70 bits per heavy atom. The molecule has 0 bridgehead atoms. The molecule has 0 radical (unpaired) electrons. The summed E-state index contributed by atoms with van der Waals surface area (Å²) in [5.74, 6) is -0.610. The van der Waals surface area contributed by atoms with E-state index < -0.39 is 11.0 Å². The monoisotopic (exact) mass is 497 g/mol. The first-order valence-electron chi connectivity index (χ1n) is 11.5. The van der Waals surface area contributed by atoms with Gasteiger partial charge in [-0.1, -0.05) is 42.5 Å². The molecule has 2 heterocycles. The zero-order chi connectivity index (χ0) is 26.3. The Labute approximate surface area is 212 Å². The average Bonchev–Trinajstić information content (AvgIpc) is 3.32. The van der Waals surface area contributed by atoms with E-state index in [-0.39, 0.29) is 23.5 Å². The minimum atomic E-state index is -0.562. The molecule has 0 aromatic heterocycles. The number of nitrogens with zero attached hydrogens (tertiary/aromatic N) is 3. The SMILES string of the molecule is CN1C(=O)C(Cc2ccc(N/C(=C3\C(=O)Nc4ccc([N+](=O)[O-])cc43)c3ccccc3)cc2)N(C)C1=O. The highest BCUT2D eigenvalue weighted by Gasteiger charge is 2.40. The van der Waals surface area contributed by atoms with Crippen molar-refractivity contribution in [2.24, 2.45) is 0 Å². The largest absolute Gasteiger partial charge is 0.354 e. The van der Waals surface area contributed by atoms with E-state index in [0.717, 1.165) is 16.0 Å². The number of carbonyl (C=O) groups excluding carboxylic acids is 3. The number of benzene rings is 3. The van der Waals surface area contributed by atoms with Gasteiger partial charge in [-0.3, -0.25) is 24.6 Å². The number of rotatable bonds is 6. The van der Waals surface area contributed by atoms with Crippen molar-refractivity contribution >= 4 is 46.2 Å². The molecule has 1 saturated heterocycles. The molecule has 1 atom stereocenters. The van der Waals surface area contributed by atoms with Crippen LogP contribution in [0.25, 0.3) is 11.3 Å². The van der Waals surface area contributed by atoms with E-state index in [4.69, 9.17) is 0 Å². The zero-order valence-corrected chi connectivity index (χ0v) is 20.1. The normalized spacial score (nSPS) is 18.1. The average molecular weight is 498 g/mol. The van der Waals surface area contributed by atoms with Crippen LogP contribution >= 0.6 is 0 Å². The molecule has 0 saturated carbocycles. The number of carbonyl (C=O) groups is 3. The van der Waals surface area contributed by atoms with Crippen LogP contribution in [0, 0.1) is 10.1 Å². The van der Waals surface area contributed by atoms with E-state index in [1.165, 1.54) is 30.1 Å². The molecule has 2 N–H and O–H groups in total. The second-order valence-electron chi connectivity index (χ2n) is 8.89. The molecule has 1 unspecified atom stereocenters. The van der Waals surface area contributed by atoms with Gasteiger partial charge in [0.05, 0.1) is 16.2 Å². The van der Waals surface area contributed by atoms with E-state index in [0.29, 0.717) is 34.6 Å². The van der Waals surface area contributed by atoms with Crippen LogP contribution in [-0.4, -0.2) is 52.7 Å². The highest BCUT2D eigenvalue weighted by Crippen LogP contribution is 2.39. The van der Waals surface area contributed by atoms with Gasteiger partial charge < -0.3 is 15.5 Å². The number of anilines is 2. The topological polar surface area (TPSA) is 125 Å². The number of fused-ring (bicyclic) bond motifs is 1. The van der Waals surface area contributed by atoms with E-state index in [1.54, 1.807) is 7.05 Å². The van der Waals surface area contributed by atoms with Crippen molar-refractivity contribution in [1.29, 1.82) is 0 Å². The Kier molecular flexibility index (Phi) is 5.92. The number of imide groups is 1. The molecule has 4 amide bonds. The summed E-state index contributed by atoms with van der Waals surface area (Å²) in [6.45, 7) is 0. The maximum Gasteiger partial charge on any atom is 0.326 e. The number of hydrogen-bond acceptors (Lipinski definition) is 6. The van der Waals surface area contributed by atoms with Crippen LogP contribution in [0.3, 0.4) is 0 Å². The van der Waals surface area contributed by atoms with Gasteiger partial charge in [0.2, 0.25) is 0 Å². The summed E-state index contributed by atoms with van der Waals surface area (Å²) in [7, 11) is 3.08. The fourth-order valence-electron chi connectivity index (χ4n) is 4.57. The summed E-state index contributed by atoms with van der Waals surface area (Å²) in [6.07, 6.45) is 0.373. The Morgan fingerprint density at radius 1 is 1.00 bits per heavy atom. The molecular weight excluding hydrogens is 474 g/mol. The lowest BCUT2D eigenvalue weighted by Crippen LogP contribution is -2.33. The Hall–Kier alpha value is -4.99. The Bertz CT molecular complexity index is 1470. The smallest absolute Gasteiger partial charge is 0.326 e. The van der Waals surface area contributed by atoms with Crippen molar-refractivity contribution in [1.82, 2.24) is 9.80 Å². The van der Waals surface area contributed by atoms with Crippen molar-refractivity contribution in [3.63, 3.8) is 0 Å². The number of nitro groups is 1. The summed E-state index contributed by atoms with van der Waals surface area (Å²) >= 11 is 0. The number of non-ortho nitro benzene ring substituents is 1. The molecule has 3 aromatic carbocycles. The summed E-state index contributed by atoms with van der Waals surface area (Å²) in [4.78, 5) is 50.9. The van der Waals surface area contributed by atoms with Crippen molar-refractivity contribution in [2.75, 3.05) is 24.7 Å². The van der Waals surface area contributed by atoms with Crippen LogP contribution in [-0.2, 0) is 16.0 Å². The molecule has 10 heteroatoms. The first-order chi connectivity index (χ1) is 17.7. The molecule has 3 aromatic rings. The van der Waals surface area contributed by atoms with Gasteiger partial charge in [0.25, 0.3) is 17.5 Å². The number of urea groups is 1. The fourth-order valence-corrected chi connectivity index (χ4v) is 4.57. The molecular formula is C27H23N5O5. The molecule has 37 heavy (non-hydrogen) atoms. The van der Waals surface area contributed by atoms with Gasteiger partial charge in [-0.15, -0.1) is 0 Å². The van der Waals surface area contributed by atoms with Crippen molar-refractivity contribution in [3.8, 4) is 0 Å². The molecule has 2 aliphatic rings. The molecule has 1 fully saturated rings. The lowest BCUT2D eigenvalue weighted by atomic mass is 9.99. The van der Waals surface area contributed by atoms with Gasteiger partial charge in [-0.05, 0) is 29.3 Å². The van der Waals surface area contributed by atoms with E-state index in [1.807, 2.05) is 54.6 Å². The second kappa shape index (κ2) is 9.23. The van der Waals surface area contributed by atoms with Crippen molar-refractivity contribution < 1.29 is 19.3 Å². The predicted octanol–water partition coefficient (Wildman–Crippen LogP) is 3.96. The van der Waals surface area contributed by atoms with Gasteiger partial charge in [0.15, 0.2) is 0 Å². The van der Waals surface area contributed by atoms with Gasteiger partial charge in [0.1, 0.15) is 6.04 Å². The third-order valence-electron chi connectivity index (χ3n) is 6.60. The lowest BCUT2D eigenvalue weighted by Gasteiger charge is -2.17. The third kappa shape index (κ3) is 4.29. The molecule has 10 nitrogen and oxygen atoms in total. The van der Waals surface area contributed by atoms with Crippen LogP contribution in [0.4, 0.5) is 21.9 Å². The van der Waals surface area contributed by atoms with Crippen molar-refractivity contribution in [2.45, 2.75) is 12.5 Å². The highest BCUT2D eigenvalue weighted by atomic mass is 16.6. The van der Waals surface area contributed by atoms with E-state index in [2.05, 4.69) is 10.6 Å². The number of hydrogen-bond donors (Lipinski definition) is 2. The molecule has 186 valence electrons. The maximum absolute atomic E-state index is 13.0. The standard InChI is InChI=1S/C27H23N5O5/c1-30-22(26(34)31(2)27(30)35)14-16-8-10-18(11-9-16)28-24(17-6-4-3-5-7-17)23-20-15-19(32(36)37)12-13-21(20)29-25(23)33/h3-13,15,22,28H,14H2,1-2H3,(H,29,33)/b24-23-. The third-order valence-corrected chi connectivity index (χ3v) is 6.60. The summed E-state index contributed by atoms with van der Waals surface area (Å²) in [6, 6.07) is 20.0. The quantitative estimate of drug-likeness (QED) is 0.230. The number of amides is 4. The van der Waals surface area contributed by atoms with Crippen molar-refractivity contribution in [3.05, 3.63) is 99.6 Å². The molecule has 2 aliphatic heterocycles. The second-order valence-corrected chi connectivity index (χ2v) is 8.89. The van der Waals surface area contributed by atoms with E-state index >= 15 is 0 Å². The first kappa shape index (κ1) is 23.7. The summed E-state index contributed by atoms with van der Waals surface area (Å²) in [5.41, 5.74) is 3.92. The molecule has 5 rings (SSSR count). The van der Waals surface area contributed by atoms with Crippen LogP contribution in [0.15, 0.2) is 72.8 Å². The number of nitro benzene ring substituents is 1. The van der Waals surface area contributed by atoms with Gasteiger partial charge >= 0.3 is 6.03 Å². The summed E-state index contributed by atoms with van der Waals surface area (Å²) in [5, 5.41) is 17.5. The molecule has 0 spiro atoms. The fraction of sp³-hybridized carbons (Fsp3) is 0.148. The minimum Gasteiger partial charge on any atom is -0.354 e. The first-order valence-corrected chi connectivity index (χ1v) is 11.5. The van der Waals surface area contributed by atoms with E-state index in [9.17, 15) is 24.5 Å². The highest BCUT2D eigenvalue weighted by molar-refractivity contribution is 6.37. The number of nitrogens with one attached hydrogen (secondary N) is 2. The Balaban J connectivity index is 1.49. The van der Waals surface area contributed by atoms with Crippen LogP contribution in [0.1, 0.15) is 16.7 Å². The minimum absolute atomic E-state index is 0.111. The van der Waals surface area contributed by atoms with Gasteiger partial charge in [0, 0.05) is 49.6 Å². The van der Waals surface area contributed by atoms with Crippen LogP contribution in [0.5, 0.6) is 0 Å². The number of likely N-dealkylation sites (N-methyl/N-ethyl adjacent to an activating group) is 2. The predicted molar refractivity (Wildman–Crippen MR) is 138 cm³/mol. The lowest BCUT2D eigenvalue weighted by molar-refractivity contribution is -0.384. The van der Waals surface area contributed by atoms with Gasteiger partial charge in [-0.25, -0.2) is 4.79 Å². The van der Waals surface area contributed by atoms with Gasteiger partial charge in [-0.2, -0.15) is 0 Å². The Morgan fingerprint density at radius 3 is 2.32 bits per heavy atom. The zero-order valence-electron chi connectivity index (χ0n) is 20.1. The molecule has 0 aliphatic carbocycles. The van der Waals surface area contributed by atoms with Crippen LogP contribution < -0.4 is 10.6 Å². The van der Waals surface area contributed by atoms with Crippen LogP contribution in [0.2, 0.25) is 0 Å². The summed E-state index contributed by atoms with van der Waals surface area (Å²) < 4.78 is 0. The maximum atomic E-state index is 13.0.